The molecule has 2 fully saturated rings. The Morgan fingerprint density at radius 2 is 1.83 bits per heavy atom. The third-order valence-electron chi connectivity index (χ3n) is 5.78. The average molecular weight is 442 g/mol. The Labute approximate surface area is 186 Å². The van der Waals surface area contributed by atoms with Crippen molar-refractivity contribution < 1.29 is 4.79 Å². The minimum absolute atomic E-state index is 0.00568. The van der Waals surface area contributed by atoms with E-state index in [0.29, 0.717) is 21.3 Å². The first kappa shape index (κ1) is 21.1. The Hall–Kier alpha value is -2.12. The van der Waals surface area contributed by atoms with E-state index >= 15 is 0 Å². The number of pyridine rings is 1. The quantitative estimate of drug-likeness (QED) is 0.512. The monoisotopic (exact) mass is 441 g/mol. The van der Waals surface area contributed by atoms with Crippen molar-refractivity contribution in [3.05, 3.63) is 45.1 Å². The molecule has 1 amide bonds. The second kappa shape index (κ2) is 8.55. The summed E-state index contributed by atoms with van der Waals surface area (Å²) >= 11 is 6.73. The van der Waals surface area contributed by atoms with Gasteiger partial charge >= 0.3 is 0 Å². The number of carbonyl (C=O) groups excluding carboxylic acids is 1. The number of carbonyl (C=O) groups is 1. The van der Waals surface area contributed by atoms with Crippen molar-refractivity contribution in [1.29, 1.82) is 0 Å². The standard InChI is InChI=1S/C23H27N3O2S2/c1-4-25-18-11-7-6-10-16(18)20(24-12-8-5-9-13-24)17(21(25)27)14-19-22(28)26(15(2)3)23(29)30-19/h6-7,10-11,14-15H,4-5,8-9,12-13H2,1-3H3. The summed E-state index contributed by atoms with van der Waals surface area (Å²) in [5.74, 6) is -0.111. The van der Waals surface area contributed by atoms with Gasteiger partial charge in [-0.1, -0.05) is 42.2 Å². The van der Waals surface area contributed by atoms with Gasteiger partial charge in [-0.3, -0.25) is 14.5 Å². The van der Waals surface area contributed by atoms with Crippen molar-refractivity contribution in [2.24, 2.45) is 0 Å². The number of amides is 1. The van der Waals surface area contributed by atoms with E-state index in [4.69, 9.17) is 12.2 Å². The Morgan fingerprint density at radius 3 is 2.47 bits per heavy atom. The summed E-state index contributed by atoms with van der Waals surface area (Å²) in [6, 6.07) is 8.08. The lowest BCUT2D eigenvalue weighted by Gasteiger charge is -2.31. The largest absolute Gasteiger partial charge is 0.370 e. The van der Waals surface area contributed by atoms with Crippen LogP contribution in [0.25, 0.3) is 17.0 Å². The molecule has 0 aliphatic carbocycles. The number of benzene rings is 1. The highest BCUT2D eigenvalue weighted by Crippen LogP contribution is 2.37. The third-order valence-corrected chi connectivity index (χ3v) is 7.11. The van der Waals surface area contributed by atoms with Gasteiger partial charge in [0.1, 0.15) is 4.32 Å². The van der Waals surface area contributed by atoms with Crippen LogP contribution in [0.15, 0.2) is 34.0 Å². The Bertz CT molecular complexity index is 1100. The minimum atomic E-state index is -0.111. The van der Waals surface area contributed by atoms with Crippen LogP contribution in [-0.2, 0) is 11.3 Å². The van der Waals surface area contributed by atoms with Crippen LogP contribution in [0.1, 0.15) is 45.6 Å². The van der Waals surface area contributed by atoms with Crippen molar-refractivity contribution in [3.63, 3.8) is 0 Å². The molecule has 2 aliphatic rings. The van der Waals surface area contributed by atoms with Crippen LogP contribution in [-0.4, -0.2) is 38.8 Å². The lowest BCUT2D eigenvalue weighted by molar-refractivity contribution is -0.123. The summed E-state index contributed by atoms with van der Waals surface area (Å²) in [6.07, 6.45) is 5.22. The molecule has 0 spiro atoms. The van der Waals surface area contributed by atoms with Gasteiger partial charge in [-0.15, -0.1) is 0 Å². The van der Waals surface area contributed by atoms with E-state index in [1.54, 1.807) is 15.5 Å². The number of anilines is 1. The summed E-state index contributed by atoms with van der Waals surface area (Å²) in [5, 5.41) is 1.06. The molecule has 2 aliphatic heterocycles. The Kier molecular flexibility index (Phi) is 6.02. The summed E-state index contributed by atoms with van der Waals surface area (Å²) in [7, 11) is 0. The molecular weight excluding hydrogens is 414 g/mol. The molecule has 4 rings (SSSR count). The van der Waals surface area contributed by atoms with Crippen LogP contribution in [0.4, 0.5) is 5.69 Å². The van der Waals surface area contributed by atoms with Gasteiger partial charge in [0.15, 0.2) is 0 Å². The third kappa shape index (κ3) is 3.58. The Morgan fingerprint density at radius 1 is 1.13 bits per heavy atom. The van der Waals surface area contributed by atoms with Crippen molar-refractivity contribution in [2.45, 2.75) is 52.6 Å². The van der Waals surface area contributed by atoms with Crippen molar-refractivity contribution in [2.75, 3.05) is 18.0 Å². The van der Waals surface area contributed by atoms with Crippen LogP contribution >= 0.6 is 24.0 Å². The molecule has 0 saturated carbocycles. The zero-order chi connectivity index (χ0) is 21.4. The highest BCUT2D eigenvalue weighted by Gasteiger charge is 2.34. The second-order valence-electron chi connectivity index (χ2n) is 8.02. The normalized spacial score (nSPS) is 19.0. The molecule has 158 valence electrons. The fraction of sp³-hybridized carbons (Fsp3) is 0.435. The van der Waals surface area contributed by atoms with E-state index in [1.165, 1.54) is 18.2 Å². The van der Waals surface area contributed by atoms with Crippen molar-refractivity contribution in [1.82, 2.24) is 9.47 Å². The molecule has 2 saturated heterocycles. The molecule has 30 heavy (non-hydrogen) atoms. The number of aryl methyl sites for hydroxylation is 1. The smallest absolute Gasteiger partial charge is 0.266 e. The topological polar surface area (TPSA) is 45.6 Å². The van der Waals surface area contributed by atoms with Crippen LogP contribution in [0.3, 0.4) is 0 Å². The van der Waals surface area contributed by atoms with Crippen LogP contribution in [0.2, 0.25) is 0 Å². The number of hydrogen-bond donors (Lipinski definition) is 0. The molecule has 0 atom stereocenters. The fourth-order valence-corrected chi connectivity index (χ4v) is 5.87. The van der Waals surface area contributed by atoms with E-state index in [2.05, 4.69) is 11.0 Å². The maximum atomic E-state index is 13.6. The van der Waals surface area contributed by atoms with Crippen molar-refractivity contribution >= 4 is 56.9 Å². The summed E-state index contributed by atoms with van der Waals surface area (Å²) < 4.78 is 2.36. The zero-order valence-electron chi connectivity index (χ0n) is 17.7. The summed E-state index contributed by atoms with van der Waals surface area (Å²) in [6.45, 7) is 8.31. The molecule has 7 heteroatoms. The van der Waals surface area contributed by atoms with Crippen molar-refractivity contribution in [3.8, 4) is 0 Å². The number of piperidine rings is 1. The van der Waals surface area contributed by atoms with Gasteiger partial charge in [0, 0.05) is 31.1 Å². The second-order valence-corrected chi connectivity index (χ2v) is 9.70. The molecule has 3 heterocycles. The van der Waals surface area contributed by atoms with Crippen LogP contribution in [0.5, 0.6) is 0 Å². The lowest BCUT2D eigenvalue weighted by atomic mass is 10.0. The number of aromatic nitrogens is 1. The number of thiocarbonyl (C=S) groups is 1. The van der Waals surface area contributed by atoms with Gasteiger partial charge in [-0.2, -0.15) is 0 Å². The molecular formula is C23H27N3O2S2. The number of hydrogen-bond acceptors (Lipinski definition) is 5. The minimum Gasteiger partial charge on any atom is -0.370 e. The predicted molar refractivity (Wildman–Crippen MR) is 130 cm³/mol. The SMILES string of the molecule is CCn1c(=O)c(C=C2SC(=S)N(C(C)C)C2=O)c(N2CCCCC2)c2ccccc21. The van der Waals surface area contributed by atoms with E-state index in [1.807, 2.05) is 39.0 Å². The molecule has 0 radical (unpaired) electrons. The van der Waals surface area contributed by atoms with Gasteiger partial charge in [0.25, 0.3) is 11.5 Å². The van der Waals surface area contributed by atoms with Gasteiger partial charge in [0.2, 0.25) is 0 Å². The highest BCUT2D eigenvalue weighted by atomic mass is 32.2. The molecule has 0 unspecified atom stereocenters. The average Bonchev–Trinajstić information content (AvgIpc) is 3.02. The van der Waals surface area contributed by atoms with E-state index in [0.717, 1.165) is 42.5 Å². The molecule has 1 aromatic heterocycles. The number of fused-ring (bicyclic) bond motifs is 1. The van der Waals surface area contributed by atoms with Gasteiger partial charge in [-0.25, -0.2) is 0 Å². The maximum absolute atomic E-state index is 13.6. The number of thioether (sulfide) groups is 1. The predicted octanol–water partition coefficient (Wildman–Crippen LogP) is 4.62. The summed E-state index contributed by atoms with van der Waals surface area (Å²) in [4.78, 5) is 31.1. The maximum Gasteiger partial charge on any atom is 0.266 e. The van der Waals surface area contributed by atoms with E-state index < -0.39 is 0 Å². The highest BCUT2D eigenvalue weighted by molar-refractivity contribution is 8.26. The van der Waals surface area contributed by atoms with E-state index in [-0.39, 0.29) is 17.5 Å². The van der Waals surface area contributed by atoms with Crippen LogP contribution < -0.4 is 10.5 Å². The van der Waals surface area contributed by atoms with Gasteiger partial charge in [0.05, 0.1) is 21.7 Å². The first-order valence-corrected chi connectivity index (χ1v) is 11.8. The lowest BCUT2D eigenvalue weighted by Crippen LogP contribution is -2.35. The van der Waals surface area contributed by atoms with Gasteiger partial charge < -0.3 is 9.47 Å². The fourth-order valence-electron chi connectivity index (χ4n) is 4.37. The van der Waals surface area contributed by atoms with E-state index in [9.17, 15) is 9.59 Å². The summed E-state index contributed by atoms with van der Waals surface area (Å²) in [5.41, 5.74) is 2.44. The first-order chi connectivity index (χ1) is 14.4. The van der Waals surface area contributed by atoms with Gasteiger partial charge in [-0.05, 0) is 52.2 Å². The molecule has 0 bridgehead atoms. The zero-order valence-corrected chi connectivity index (χ0v) is 19.3. The molecule has 0 N–H and O–H groups in total. The number of para-hydroxylation sites is 1. The molecule has 1 aromatic carbocycles. The van der Waals surface area contributed by atoms with Crippen LogP contribution in [0, 0.1) is 0 Å². The number of nitrogens with zero attached hydrogens (tertiary/aromatic N) is 3. The number of rotatable bonds is 4. The first-order valence-electron chi connectivity index (χ1n) is 10.6. The Balaban J connectivity index is 1.97. The molecule has 2 aromatic rings. The molecule has 5 nitrogen and oxygen atoms in total.